The summed E-state index contributed by atoms with van der Waals surface area (Å²) in [4.78, 5) is 14.5. The number of fused-ring (bicyclic) bond motifs is 1. The van der Waals surface area contributed by atoms with Crippen LogP contribution in [0.3, 0.4) is 0 Å². The highest BCUT2D eigenvalue weighted by atomic mass is 35.5. The molecule has 2 atom stereocenters. The minimum atomic E-state index is -4.65. The Labute approximate surface area is 198 Å². The number of benzene rings is 1. The molecule has 184 valence electrons. The van der Waals surface area contributed by atoms with Gasteiger partial charge in [0.25, 0.3) is 5.91 Å². The molecule has 1 aliphatic heterocycles. The molecule has 1 aromatic heterocycles. The van der Waals surface area contributed by atoms with E-state index in [1.54, 1.807) is 42.5 Å². The lowest BCUT2D eigenvalue weighted by Gasteiger charge is -2.70. The molecular weight excluding hydrogens is 477 g/mol. The Balaban J connectivity index is 1.14. The first-order chi connectivity index (χ1) is 16.0. The Hall–Kier alpha value is -2.50. The van der Waals surface area contributed by atoms with Crippen molar-refractivity contribution >= 4 is 23.2 Å². The molecule has 3 fully saturated rings. The minimum Gasteiger partial charge on any atom is -0.480 e. The highest BCUT2D eigenvalue weighted by Crippen LogP contribution is 2.65. The van der Waals surface area contributed by atoms with Crippen molar-refractivity contribution in [3.05, 3.63) is 41.2 Å². The van der Waals surface area contributed by atoms with Gasteiger partial charge < -0.3 is 20.1 Å². The number of aromatic nitrogens is 2. The highest BCUT2D eigenvalue weighted by Gasteiger charge is 2.70. The predicted octanol–water partition coefficient (Wildman–Crippen LogP) is 3.14. The second-order valence-corrected chi connectivity index (χ2v) is 9.86. The Bertz CT molecular complexity index is 1090. The van der Waals surface area contributed by atoms with Crippen molar-refractivity contribution < 1.29 is 32.5 Å². The number of aliphatic hydroxyl groups excluding tert-OH is 1. The van der Waals surface area contributed by atoms with Gasteiger partial charge in [-0.2, -0.15) is 5.10 Å². The number of anilines is 1. The first kappa shape index (κ1) is 23.3. The molecule has 8 nitrogen and oxygen atoms in total. The van der Waals surface area contributed by atoms with E-state index in [0.717, 1.165) is 0 Å². The average Bonchev–Trinajstić information content (AvgIpc) is 3.18. The summed E-state index contributed by atoms with van der Waals surface area (Å²) >= 11 is 5.98. The van der Waals surface area contributed by atoms with Gasteiger partial charge >= 0.3 is 6.36 Å². The molecule has 2 N–H and O–H groups in total. The average molecular weight is 501 g/mol. The van der Waals surface area contributed by atoms with Crippen molar-refractivity contribution in [2.75, 3.05) is 25.1 Å². The van der Waals surface area contributed by atoms with Gasteiger partial charge in [0.1, 0.15) is 5.75 Å². The quantitative estimate of drug-likeness (QED) is 0.607. The first-order valence-electron chi connectivity index (χ1n) is 10.9. The summed E-state index contributed by atoms with van der Waals surface area (Å²) in [5, 5.41) is 18.4. The summed E-state index contributed by atoms with van der Waals surface area (Å²) in [6.45, 7) is -0.401. The van der Waals surface area contributed by atoms with Gasteiger partial charge in [-0.3, -0.25) is 14.2 Å². The lowest BCUT2D eigenvalue weighted by Crippen LogP contribution is -2.79. The predicted molar refractivity (Wildman–Crippen MR) is 116 cm³/mol. The van der Waals surface area contributed by atoms with E-state index in [9.17, 15) is 23.1 Å². The van der Waals surface area contributed by atoms with E-state index < -0.39 is 25.2 Å². The molecule has 3 aliphatic carbocycles. The van der Waals surface area contributed by atoms with Crippen molar-refractivity contribution in [1.82, 2.24) is 15.1 Å². The highest BCUT2D eigenvalue weighted by molar-refractivity contribution is 6.30. The fourth-order valence-corrected chi connectivity index (χ4v) is 5.41. The number of aliphatic hydroxyl groups is 1. The molecule has 3 saturated carbocycles. The van der Waals surface area contributed by atoms with E-state index in [1.807, 2.05) is 4.68 Å². The van der Waals surface area contributed by atoms with Gasteiger partial charge in [0.2, 0.25) is 0 Å². The summed E-state index contributed by atoms with van der Waals surface area (Å²) in [5.74, 6) is 0.185. The number of nitrogens with zero attached hydrogens (tertiary/aromatic N) is 3. The molecule has 0 radical (unpaired) electrons. The summed E-state index contributed by atoms with van der Waals surface area (Å²) < 4.78 is 47.9. The number of alkyl halides is 3. The van der Waals surface area contributed by atoms with Gasteiger partial charge in [0.15, 0.2) is 6.10 Å². The summed E-state index contributed by atoms with van der Waals surface area (Å²) in [5.41, 5.74) is 0.734. The number of carbonyl (C=O) groups is 1. The van der Waals surface area contributed by atoms with E-state index in [1.165, 1.54) is 0 Å². The van der Waals surface area contributed by atoms with Crippen LogP contribution in [-0.2, 0) is 15.1 Å². The molecular formula is C22H24ClF3N4O4. The SMILES string of the molecule is CN(CCOC(F)(F)F)c1cnn(C23CC(NC(=O)[C@H]4C[C@@H](O)c5cc(Cl)ccc5O4)(C2)C3)c1. The van der Waals surface area contributed by atoms with E-state index in [2.05, 4.69) is 15.2 Å². The van der Waals surface area contributed by atoms with Crippen LogP contribution in [0.25, 0.3) is 0 Å². The van der Waals surface area contributed by atoms with Crippen LogP contribution >= 0.6 is 11.6 Å². The van der Waals surface area contributed by atoms with Crippen LogP contribution in [0.15, 0.2) is 30.6 Å². The third-order valence-electron chi connectivity index (χ3n) is 6.91. The standard InChI is InChI=1S/C22H24ClF3N4O4/c1-29(4-5-33-22(24,25)26)14-8-27-30(9-14)21-10-20(11-21,12-21)28-19(32)18-7-16(31)15-6-13(23)2-3-17(15)34-18/h2-3,6,8-9,16,18,31H,4-5,7,10-12H2,1H3,(H,28,32)/t16-,18-,20?,21?/m1/s1. The smallest absolute Gasteiger partial charge is 0.480 e. The van der Waals surface area contributed by atoms with Crippen LogP contribution in [0.2, 0.25) is 5.02 Å². The molecule has 2 heterocycles. The van der Waals surface area contributed by atoms with E-state index >= 15 is 0 Å². The Morgan fingerprint density at radius 1 is 1.41 bits per heavy atom. The second kappa shape index (κ2) is 8.03. The van der Waals surface area contributed by atoms with Gasteiger partial charge in [-0.15, -0.1) is 13.2 Å². The van der Waals surface area contributed by atoms with E-state index in [0.29, 0.717) is 41.3 Å². The lowest BCUT2D eigenvalue weighted by atomic mass is 9.44. The molecule has 1 amide bonds. The Morgan fingerprint density at radius 3 is 2.85 bits per heavy atom. The van der Waals surface area contributed by atoms with Gasteiger partial charge in [-0.05, 0) is 37.5 Å². The number of nitrogens with one attached hydrogen (secondary N) is 1. The monoisotopic (exact) mass is 500 g/mol. The van der Waals surface area contributed by atoms with Gasteiger partial charge in [0, 0.05) is 42.3 Å². The maximum atomic E-state index is 12.9. The van der Waals surface area contributed by atoms with Gasteiger partial charge in [-0.1, -0.05) is 11.6 Å². The van der Waals surface area contributed by atoms with E-state index in [4.69, 9.17) is 16.3 Å². The number of hydrogen-bond acceptors (Lipinski definition) is 6. The molecule has 0 unspecified atom stereocenters. The van der Waals surface area contributed by atoms with Crippen LogP contribution < -0.4 is 15.0 Å². The van der Waals surface area contributed by atoms with Gasteiger partial charge in [0.05, 0.1) is 30.1 Å². The fourth-order valence-electron chi connectivity index (χ4n) is 5.23. The number of likely N-dealkylation sites (N-methyl/N-ethyl adjacent to an activating group) is 1. The molecule has 2 bridgehead atoms. The number of hydrogen-bond donors (Lipinski definition) is 2. The molecule has 34 heavy (non-hydrogen) atoms. The summed E-state index contributed by atoms with van der Waals surface area (Å²) in [6.07, 6.45) is -0.599. The normalized spacial score (nSPS) is 29.4. The van der Waals surface area contributed by atoms with Crippen LogP contribution in [0.1, 0.15) is 37.4 Å². The number of halogens is 4. The summed E-state index contributed by atoms with van der Waals surface area (Å²) in [7, 11) is 1.68. The minimum absolute atomic E-state index is 0.0702. The first-order valence-corrected chi connectivity index (χ1v) is 11.3. The lowest BCUT2D eigenvalue weighted by molar-refractivity contribution is -0.323. The molecule has 12 heteroatoms. The topological polar surface area (TPSA) is 88.9 Å². The zero-order valence-electron chi connectivity index (χ0n) is 18.3. The fraction of sp³-hybridized carbons (Fsp3) is 0.545. The number of rotatable bonds is 7. The molecule has 2 aromatic rings. The van der Waals surface area contributed by atoms with Crippen LogP contribution in [0.5, 0.6) is 5.75 Å². The Kier molecular flexibility index (Phi) is 5.49. The molecule has 4 aliphatic rings. The van der Waals surface area contributed by atoms with Crippen molar-refractivity contribution in [3.63, 3.8) is 0 Å². The zero-order valence-corrected chi connectivity index (χ0v) is 19.1. The second-order valence-electron chi connectivity index (χ2n) is 9.42. The van der Waals surface area contributed by atoms with E-state index in [-0.39, 0.29) is 30.0 Å². The maximum Gasteiger partial charge on any atom is 0.522 e. The zero-order chi connectivity index (χ0) is 24.3. The Morgan fingerprint density at radius 2 is 2.15 bits per heavy atom. The number of ether oxygens (including phenoxy) is 2. The molecule has 0 spiro atoms. The van der Waals surface area contributed by atoms with Crippen molar-refractivity contribution in [1.29, 1.82) is 0 Å². The third kappa shape index (κ3) is 4.20. The van der Waals surface area contributed by atoms with Gasteiger partial charge in [-0.25, -0.2) is 0 Å². The molecule has 6 rings (SSSR count). The largest absolute Gasteiger partial charge is 0.522 e. The van der Waals surface area contributed by atoms with Crippen molar-refractivity contribution in [2.45, 2.75) is 55.3 Å². The molecule has 0 saturated heterocycles. The molecule has 1 aromatic carbocycles. The van der Waals surface area contributed by atoms with Crippen molar-refractivity contribution in [3.8, 4) is 5.75 Å². The van der Waals surface area contributed by atoms with Crippen LogP contribution in [-0.4, -0.2) is 59.0 Å². The summed E-state index contributed by atoms with van der Waals surface area (Å²) in [6, 6.07) is 4.94. The number of amides is 1. The maximum absolute atomic E-state index is 12.9. The van der Waals surface area contributed by atoms with Crippen molar-refractivity contribution in [2.24, 2.45) is 0 Å². The third-order valence-corrected chi connectivity index (χ3v) is 7.14. The number of carbonyl (C=O) groups excluding carboxylic acids is 1. The van der Waals surface area contributed by atoms with Crippen LogP contribution in [0, 0.1) is 0 Å². The van der Waals surface area contributed by atoms with Crippen LogP contribution in [0.4, 0.5) is 18.9 Å².